The second-order valence-corrected chi connectivity index (χ2v) is 7.23. The van der Waals surface area contributed by atoms with Gasteiger partial charge in [-0.15, -0.1) is 0 Å². The number of aliphatic imine (C=N–C) groups is 1. The van der Waals surface area contributed by atoms with E-state index in [9.17, 15) is 18.0 Å². The van der Waals surface area contributed by atoms with Crippen LogP contribution in [0.1, 0.15) is 19.8 Å². The molecule has 2 aromatic carbocycles. The number of hydrogen-bond acceptors (Lipinski definition) is 6. The fourth-order valence-corrected chi connectivity index (χ4v) is 3.46. The molecule has 28 heavy (non-hydrogen) atoms. The first-order chi connectivity index (χ1) is 13.3. The summed E-state index contributed by atoms with van der Waals surface area (Å²) in [5, 5.41) is 2.33. The third kappa shape index (κ3) is 5.30. The Kier molecular flexibility index (Phi) is 6.72. The molecule has 10 heteroatoms. The quantitative estimate of drug-likeness (QED) is 0.262. The lowest BCUT2D eigenvalue weighted by molar-refractivity contribution is -0.133. The Balaban J connectivity index is 2.47. The molecule has 148 valence electrons. The van der Waals surface area contributed by atoms with Crippen LogP contribution in [0, 0.1) is 0 Å². The van der Waals surface area contributed by atoms with E-state index >= 15 is 0 Å². The van der Waals surface area contributed by atoms with Gasteiger partial charge in [-0.2, -0.15) is 8.42 Å². The number of amides is 1. The van der Waals surface area contributed by atoms with Crippen LogP contribution in [0.5, 0.6) is 0 Å². The topological polar surface area (TPSA) is 154 Å². The summed E-state index contributed by atoms with van der Waals surface area (Å²) in [6, 6.07) is 11.1. The molecular formula is C18H20N4O5S. The lowest BCUT2D eigenvalue weighted by Crippen LogP contribution is -2.21. The Hall–Kier alpha value is -3.40. The second-order valence-electron chi connectivity index (χ2n) is 5.72. The number of rotatable bonds is 8. The first-order valence-corrected chi connectivity index (χ1v) is 9.69. The maximum absolute atomic E-state index is 12.4. The van der Waals surface area contributed by atoms with E-state index in [1.165, 1.54) is 18.2 Å². The van der Waals surface area contributed by atoms with Crippen LogP contribution in [0.3, 0.4) is 0 Å². The van der Waals surface area contributed by atoms with E-state index in [1.807, 2.05) is 0 Å². The van der Waals surface area contributed by atoms with Crippen molar-refractivity contribution >= 4 is 39.8 Å². The zero-order chi connectivity index (χ0) is 20.7. The van der Waals surface area contributed by atoms with E-state index in [4.69, 9.17) is 11.5 Å². The van der Waals surface area contributed by atoms with Crippen LogP contribution in [-0.2, 0) is 23.9 Å². The molecule has 0 bridgehead atoms. The van der Waals surface area contributed by atoms with Gasteiger partial charge in [0.25, 0.3) is 0 Å². The highest BCUT2D eigenvalue weighted by Gasteiger charge is 2.24. The highest BCUT2D eigenvalue weighted by atomic mass is 32.2. The van der Waals surface area contributed by atoms with Crippen molar-refractivity contribution in [2.24, 2.45) is 16.5 Å². The average molecular weight is 404 g/mol. The van der Waals surface area contributed by atoms with Gasteiger partial charge < -0.3 is 21.0 Å². The van der Waals surface area contributed by atoms with Crippen molar-refractivity contribution in [1.29, 1.82) is 0 Å². The lowest BCUT2D eigenvalue weighted by atomic mass is 10.0. The predicted molar refractivity (Wildman–Crippen MR) is 105 cm³/mol. The van der Waals surface area contributed by atoms with Crippen LogP contribution in [0.15, 0.2) is 52.4 Å². The summed E-state index contributed by atoms with van der Waals surface area (Å²) in [5.74, 6) is -0.968. The normalized spacial score (nSPS) is 10.8. The van der Waals surface area contributed by atoms with Crippen molar-refractivity contribution in [3.8, 4) is 11.1 Å². The number of carbonyl (C=O) groups excluding carboxylic acids is 2. The number of nitrogens with zero attached hydrogens (tertiary/aromatic N) is 1. The lowest BCUT2D eigenvalue weighted by Gasteiger charge is -2.12. The Morgan fingerprint density at radius 2 is 1.89 bits per heavy atom. The molecular weight excluding hydrogens is 384 g/mol. The summed E-state index contributed by atoms with van der Waals surface area (Å²) >= 11 is 0. The van der Waals surface area contributed by atoms with Crippen LogP contribution in [0.2, 0.25) is 0 Å². The summed E-state index contributed by atoms with van der Waals surface area (Å²) in [6.45, 7) is 1.72. The van der Waals surface area contributed by atoms with Gasteiger partial charge in [-0.25, -0.2) is 4.99 Å². The van der Waals surface area contributed by atoms with Crippen LogP contribution in [0.4, 0.5) is 11.4 Å². The summed E-state index contributed by atoms with van der Waals surface area (Å²) in [7, 11) is -4.38. The third-order valence-corrected chi connectivity index (χ3v) is 4.86. The van der Waals surface area contributed by atoms with Crippen molar-refractivity contribution in [2.45, 2.75) is 24.7 Å². The van der Waals surface area contributed by atoms with Gasteiger partial charge in [0.15, 0.2) is 5.96 Å². The first-order valence-electron chi connectivity index (χ1n) is 8.28. The summed E-state index contributed by atoms with van der Waals surface area (Å²) < 4.78 is 29.4. The first kappa shape index (κ1) is 20.9. The molecule has 9 nitrogen and oxygen atoms in total. The molecule has 0 atom stereocenters. The highest BCUT2D eigenvalue weighted by molar-refractivity contribution is 7.87. The number of guanidine groups is 1. The number of anilines is 1. The molecule has 0 aliphatic heterocycles. The van der Waals surface area contributed by atoms with Gasteiger partial charge in [0.2, 0.25) is 6.41 Å². The third-order valence-electron chi connectivity index (χ3n) is 3.56. The van der Waals surface area contributed by atoms with Gasteiger partial charge in [-0.1, -0.05) is 25.1 Å². The molecule has 0 spiro atoms. The number of carbonyl (C=O) groups is 2. The fraction of sp³-hybridized carbons (Fsp3) is 0.167. The van der Waals surface area contributed by atoms with Gasteiger partial charge in [-0.3, -0.25) is 9.59 Å². The van der Waals surface area contributed by atoms with Gasteiger partial charge in [0.1, 0.15) is 4.90 Å². The predicted octanol–water partition coefficient (Wildman–Crippen LogP) is 1.86. The van der Waals surface area contributed by atoms with Gasteiger partial charge in [0.05, 0.1) is 11.4 Å². The van der Waals surface area contributed by atoms with Gasteiger partial charge in [0, 0.05) is 6.42 Å². The summed E-state index contributed by atoms with van der Waals surface area (Å²) in [4.78, 5) is 26.2. The van der Waals surface area contributed by atoms with Crippen molar-refractivity contribution in [3.63, 3.8) is 0 Å². The standard InChI is InChI=1S/C18H20N4O5S/c1-2-4-17(24)27-28(25,26)16-8-7-13(10-15(16)21-11-23)12-5-3-6-14(9-12)22-18(19)20/h3,5-11H,2,4H2,1H3,(H,21,23)(H4,19,20,22). The molecule has 1 amide bonds. The minimum Gasteiger partial charge on any atom is -0.370 e. The van der Waals surface area contributed by atoms with Crippen molar-refractivity contribution in [3.05, 3.63) is 42.5 Å². The molecule has 0 aliphatic rings. The monoisotopic (exact) mass is 404 g/mol. The summed E-state index contributed by atoms with van der Waals surface area (Å²) in [6.07, 6.45) is 0.742. The molecule has 0 fully saturated rings. The van der Waals surface area contributed by atoms with E-state index in [0.717, 1.165) is 0 Å². The smallest absolute Gasteiger partial charge is 0.343 e. The molecule has 2 aromatic rings. The van der Waals surface area contributed by atoms with Gasteiger partial charge in [-0.05, 0) is 41.8 Å². The van der Waals surface area contributed by atoms with Crippen LogP contribution in [0.25, 0.3) is 11.1 Å². The van der Waals surface area contributed by atoms with E-state index in [1.54, 1.807) is 31.2 Å². The number of hydrogen-bond donors (Lipinski definition) is 3. The van der Waals surface area contributed by atoms with Crippen molar-refractivity contribution < 1.29 is 22.2 Å². The molecule has 2 rings (SSSR count). The molecule has 0 unspecified atom stereocenters. The van der Waals surface area contributed by atoms with Crippen molar-refractivity contribution in [2.75, 3.05) is 5.32 Å². The second kappa shape index (κ2) is 9.00. The largest absolute Gasteiger partial charge is 0.370 e. The summed E-state index contributed by atoms with van der Waals surface area (Å²) in [5.41, 5.74) is 12.5. The number of nitrogens with two attached hydrogens (primary N) is 2. The highest BCUT2D eigenvalue weighted by Crippen LogP contribution is 2.31. The van der Waals surface area contributed by atoms with E-state index < -0.39 is 16.1 Å². The van der Waals surface area contributed by atoms with Crippen LogP contribution < -0.4 is 16.8 Å². The maximum Gasteiger partial charge on any atom is 0.343 e. The zero-order valence-electron chi connectivity index (χ0n) is 15.1. The number of benzene rings is 2. The van der Waals surface area contributed by atoms with E-state index in [0.29, 0.717) is 29.6 Å². The zero-order valence-corrected chi connectivity index (χ0v) is 15.9. The maximum atomic E-state index is 12.4. The molecule has 0 aliphatic carbocycles. The molecule has 0 saturated carbocycles. The van der Waals surface area contributed by atoms with E-state index in [2.05, 4.69) is 14.5 Å². The molecule has 0 saturated heterocycles. The fourth-order valence-electron chi connectivity index (χ4n) is 2.42. The molecule has 0 radical (unpaired) electrons. The Morgan fingerprint density at radius 3 is 2.54 bits per heavy atom. The van der Waals surface area contributed by atoms with E-state index in [-0.39, 0.29) is 23.0 Å². The Bertz CT molecular complexity index is 1010. The molecule has 0 heterocycles. The average Bonchev–Trinajstić information content (AvgIpc) is 2.61. The minimum atomic E-state index is -4.38. The van der Waals surface area contributed by atoms with Crippen molar-refractivity contribution in [1.82, 2.24) is 0 Å². The number of nitrogens with one attached hydrogen (secondary N) is 1. The molecule has 5 N–H and O–H groups in total. The minimum absolute atomic E-state index is 0.0240. The van der Waals surface area contributed by atoms with Gasteiger partial charge >= 0.3 is 16.1 Å². The molecule has 0 aromatic heterocycles. The van der Waals surface area contributed by atoms with Crippen LogP contribution in [-0.4, -0.2) is 26.8 Å². The van der Waals surface area contributed by atoms with Crippen LogP contribution >= 0.6 is 0 Å². The Labute approximate surface area is 162 Å². The Morgan fingerprint density at radius 1 is 1.18 bits per heavy atom. The SMILES string of the molecule is CCCC(=O)OS(=O)(=O)c1ccc(-c2cccc(N=C(N)N)c2)cc1NC=O.